The Morgan fingerprint density at radius 3 is 2.29 bits per heavy atom. The van der Waals surface area contributed by atoms with Crippen molar-refractivity contribution in [3.05, 3.63) is 58.4 Å². The van der Waals surface area contributed by atoms with Crippen LogP contribution in [0.5, 0.6) is 0 Å². The first-order chi connectivity index (χ1) is 13.3. The number of amides is 2. The van der Waals surface area contributed by atoms with Crippen LogP contribution in [0.2, 0.25) is 5.02 Å². The maximum atomic E-state index is 14.1. The second-order valence-electron chi connectivity index (χ2n) is 6.72. The van der Waals surface area contributed by atoms with Gasteiger partial charge in [0, 0.05) is 11.6 Å². The van der Waals surface area contributed by atoms with Crippen molar-refractivity contribution in [3.63, 3.8) is 0 Å². The lowest BCUT2D eigenvalue weighted by molar-refractivity contribution is -0.120. The average Bonchev–Trinajstić information content (AvgIpc) is 2.68. The number of hydrogen-bond acceptors (Lipinski definition) is 2. The molecule has 0 unspecified atom stereocenters. The molecule has 4 nitrogen and oxygen atoms in total. The number of anilines is 2. The molecule has 1 saturated carbocycles. The summed E-state index contributed by atoms with van der Waals surface area (Å²) in [6.07, 6.45) is 4.54. The molecule has 148 valence electrons. The van der Waals surface area contributed by atoms with Gasteiger partial charge in [-0.05, 0) is 43.2 Å². The molecule has 2 aromatic rings. The zero-order valence-electron chi connectivity index (χ0n) is 14.8. The third-order valence-electron chi connectivity index (χ3n) is 4.71. The highest BCUT2D eigenvalue weighted by molar-refractivity contribution is 6.34. The van der Waals surface area contributed by atoms with E-state index >= 15 is 0 Å². The zero-order valence-corrected chi connectivity index (χ0v) is 15.6. The van der Waals surface area contributed by atoms with E-state index in [1.54, 1.807) is 0 Å². The van der Waals surface area contributed by atoms with Gasteiger partial charge in [0.2, 0.25) is 5.91 Å². The van der Waals surface area contributed by atoms with Gasteiger partial charge in [-0.3, -0.25) is 9.59 Å². The van der Waals surface area contributed by atoms with Crippen molar-refractivity contribution in [1.82, 2.24) is 0 Å². The van der Waals surface area contributed by atoms with E-state index in [0.717, 1.165) is 38.2 Å². The van der Waals surface area contributed by atoms with Gasteiger partial charge >= 0.3 is 0 Å². The Labute approximate surface area is 165 Å². The first kappa shape index (κ1) is 20.2. The van der Waals surface area contributed by atoms with Gasteiger partial charge in [0.1, 0.15) is 5.82 Å². The fraction of sp³-hybridized carbons (Fsp3) is 0.300. The van der Waals surface area contributed by atoms with E-state index < -0.39 is 23.4 Å². The van der Waals surface area contributed by atoms with E-state index in [1.807, 2.05) is 0 Å². The summed E-state index contributed by atoms with van der Waals surface area (Å²) < 4.78 is 40.6. The standard InChI is InChI=1S/C20H18ClF3N2O2/c21-14-10-17(24)16(23)9-13(14)20(28)25-12-6-7-15(22)18(8-12)26-19(27)11-4-2-1-3-5-11/h6-11H,1-5H2,(H,25,28)(H,26,27). The lowest BCUT2D eigenvalue weighted by Crippen LogP contribution is -2.25. The van der Waals surface area contributed by atoms with E-state index in [9.17, 15) is 22.8 Å². The Kier molecular flexibility index (Phi) is 6.24. The molecule has 0 aliphatic heterocycles. The smallest absolute Gasteiger partial charge is 0.257 e. The summed E-state index contributed by atoms with van der Waals surface area (Å²) in [5.74, 6) is -4.24. The molecule has 2 amide bonds. The Morgan fingerprint density at radius 2 is 1.57 bits per heavy atom. The van der Waals surface area contributed by atoms with Gasteiger partial charge in [0.05, 0.1) is 16.3 Å². The van der Waals surface area contributed by atoms with Crippen LogP contribution in [0.4, 0.5) is 24.5 Å². The van der Waals surface area contributed by atoms with Crippen molar-refractivity contribution in [3.8, 4) is 0 Å². The summed E-state index contributed by atoms with van der Waals surface area (Å²) >= 11 is 5.79. The molecule has 2 N–H and O–H groups in total. The van der Waals surface area contributed by atoms with Crippen LogP contribution in [0.1, 0.15) is 42.5 Å². The molecule has 0 radical (unpaired) electrons. The second kappa shape index (κ2) is 8.65. The molecule has 8 heteroatoms. The highest BCUT2D eigenvalue weighted by Crippen LogP contribution is 2.27. The first-order valence-electron chi connectivity index (χ1n) is 8.91. The predicted octanol–water partition coefficient (Wildman–Crippen LogP) is 5.53. The average molecular weight is 411 g/mol. The van der Waals surface area contributed by atoms with Crippen LogP contribution in [0.15, 0.2) is 30.3 Å². The summed E-state index contributed by atoms with van der Waals surface area (Å²) in [6.45, 7) is 0. The van der Waals surface area contributed by atoms with Crippen LogP contribution in [0.3, 0.4) is 0 Å². The lowest BCUT2D eigenvalue weighted by atomic mass is 9.88. The van der Waals surface area contributed by atoms with E-state index in [0.29, 0.717) is 12.1 Å². The Balaban J connectivity index is 1.75. The summed E-state index contributed by atoms with van der Waals surface area (Å²) in [6, 6.07) is 5.03. The first-order valence-corrected chi connectivity index (χ1v) is 9.29. The van der Waals surface area contributed by atoms with E-state index in [4.69, 9.17) is 11.6 Å². The maximum Gasteiger partial charge on any atom is 0.257 e. The molecule has 0 heterocycles. The minimum absolute atomic E-state index is 0.0650. The summed E-state index contributed by atoms with van der Waals surface area (Å²) in [5, 5.41) is 4.74. The minimum Gasteiger partial charge on any atom is -0.323 e. The summed E-state index contributed by atoms with van der Waals surface area (Å²) in [7, 11) is 0. The van der Waals surface area contributed by atoms with E-state index in [-0.39, 0.29) is 33.8 Å². The molecule has 1 aliphatic carbocycles. The Morgan fingerprint density at radius 1 is 0.893 bits per heavy atom. The molecule has 2 aromatic carbocycles. The highest BCUT2D eigenvalue weighted by atomic mass is 35.5. The fourth-order valence-electron chi connectivity index (χ4n) is 3.19. The van der Waals surface area contributed by atoms with Crippen molar-refractivity contribution in [2.24, 2.45) is 5.92 Å². The molecule has 0 aromatic heterocycles. The number of rotatable bonds is 4. The largest absolute Gasteiger partial charge is 0.323 e. The predicted molar refractivity (Wildman–Crippen MR) is 101 cm³/mol. The number of carbonyl (C=O) groups excluding carboxylic acids is 2. The number of benzene rings is 2. The monoisotopic (exact) mass is 410 g/mol. The Bertz CT molecular complexity index is 915. The van der Waals surface area contributed by atoms with Gasteiger partial charge < -0.3 is 10.6 Å². The van der Waals surface area contributed by atoms with Crippen LogP contribution in [-0.4, -0.2) is 11.8 Å². The third kappa shape index (κ3) is 4.65. The topological polar surface area (TPSA) is 58.2 Å². The lowest BCUT2D eigenvalue weighted by Gasteiger charge is -2.21. The molecular weight excluding hydrogens is 393 g/mol. The van der Waals surface area contributed by atoms with Gasteiger partial charge in [-0.1, -0.05) is 30.9 Å². The van der Waals surface area contributed by atoms with Gasteiger partial charge in [0.25, 0.3) is 5.91 Å². The van der Waals surface area contributed by atoms with Crippen molar-refractivity contribution in [2.45, 2.75) is 32.1 Å². The van der Waals surface area contributed by atoms with Gasteiger partial charge in [0.15, 0.2) is 11.6 Å². The zero-order chi connectivity index (χ0) is 20.3. The van der Waals surface area contributed by atoms with Crippen LogP contribution in [0.25, 0.3) is 0 Å². The molecular formula is C20H18ClF3N2O2. The van der Waals surface area contributed by atoms with Crippen LogP contribution in [0, 0.1) is 23.4 Å². The van der Waals surface area contributed by atoms with Crippen molar-refractivity contribution in [1.29, 1.82) is 0 Å². The quantitative estimate of drug-likeness (QED) is 0.651. The molecule has 0 spiro atoms. The molecule has 3 rings (SSSR count). The van der Waals surface area contributed by atoms with Crippen molar-refractivity contribution in [2.75, 3.05) is 10.6 Å². The van der Waals surface area contributed by atoms with Gasteiger partial charge in [-0.15, -0.1) is 0 Å². The SMILES string of the molecule is O=C(Nc1ccc(F)c(NC(=O)C2CCCCC2)c1)c1cc(F)c(F)cc1Cl. The molecule has 28 heavy (non-hydrogen) atoms. The number of carbonyl (C=O) groups is 2. The summed E-state index contributed by atoms with van der Waals surface area (Å²) in [4.78, 5) is 24.6. The van der Waals surface area contributed by atoms with Crippen molar-refractivity contribution < 1.29 is 22.8 Å². The van der Waals surface area contributed by atoms with E-state index in [1.165, 1.54) is 12.1 Å². The number of hydrogen-bond donors (Lipinski definition) is 2. The van der Waals surface area contributed by atoms with Crippen LogP contribution in [-0.2, 0) is 4.79 Å². The highest BCUT2D eigenvalue weighted by Gasteiger charge is 2.22. The number of nitrogens with one attached hydrogen (secondary N) is 2. The van der Waals surface area contributed by atoms with Crippen LogP contribution < -0.4 is 10.6 Å². The fourth-order valence-corrected chi connectivity index (χ4v) is 3.43. The van der Waals surface area contributed by atoms with E-state index in [2.05, 4.69) is 10.6 Å². The second-order valence-corrected chi connectivity index (χ2v) is 7.13. The molecule has 1 fully saturated rings. The molecule has 0 bridgehead atoms. The maximum absolute atomic E-state index is 14.1. The minimum atomic E-state index is -1.21. The van der Waals surface area contributed by atoms with Gasteiger partial charge in [-0.25, -0.2) is 13.2 Å². The van der Waals surface area contributed by atoms with Crippen molar-refractivity contribution >= 4 is 34.8 Å². The summed E-state index contributed by atoms with van der Waals surface area (Å²) in [5.41, 5.74) is -0.159. The Hall–Kier alpha value is -2.54. The van der Waals surface area contributed by atoms with Crippen LogP contribution >= 0.6 is 11.6 Å². The molecule has 0 atom stereocenters. The number of halogens is 4. The third-order valence-corrected chi connectivity index (χ3v) is 5.03. The normalized spacial score (nSPS) is 14.6. The molecule has 0 saturated heterocycles. The van der Waals surface area contributed by atoms with Gasteiger partial charge in [-0.2, -0.15) is 0 Å². The molecule has 1 aliphatic rings.